The Hall–Kier alpha value is -1.95. The Balaban J connectivity index is 1.94. The maximum absolute atomic E-state index is 13.0. The minimum Gasteiger partial charge on any atom is -0.339 e. The second-order valence-corrected chi connectivity index (χ2v) is 7.97. The summed E-state index contributed by atoms with van der Waals surface area (Å²) in [6, 6.07) is 7.63. The van der Waals surface area contributed by atoms with Gasteiger partial charge >= 0.3 is 0 Å². The van der Waals surface area contributed by atoms with E-state index in [0.29, 0.717) is 23.7 Å². The van der Waals surface area contributed by atoms with Gasteiger partial charge in [0.25, 0.3) is 5.91 Å². The molecule has 1 aromatic carbocycles. The molecule has 2 amide bonds. The Bertz CT molecular complexity index is 672. The van der Waals surface area contributed by atoms with Crippen LogP contribution in [0.1, 0.15) is 81.5 Å². The lowest BCUT2D eigenvalue weighted by Gasteiger charge is -2.31. The number of nitrogens with zero attached hydrogens (tertiary/aromatic N) is 1. The Morgan fingerprint density at radius 3 is 2.54 bits per heavy atom. The van der Waals surface area contributed by atoms with Crippen molar-refractivity contribution < 1.29 is 9.59 Å². The molecule has 0 atom stereocenters. The van der Waals surface area contributed by atoms with E-state index in [4.69, 9.17) is 12.2 Å². The van der Waals surface area contributed by atoms with Crippen molar-refractivity contribution in [2.45, 2.75) is 77.2 Å². The van der Waals surface area contributed by atoms with E-state index in [0.717, 1.165) is 38.5 Å². The molecule has 1 saturated carbocycles. The third kappa shape index (κ3) is 6.89. The second-order valence-electron chi connectivity index (χ2n) is 7.57. The quantitative estimate of drug-likeness (QED) is 0.480. The van der Waals surface area contributed by atoms with Gasteiger partial charge in [-0.3, -0.25) is 9.59 Å². The second kappa shape index (κ2) is 11.8. The van der Waals surface area contributed by atoms with Gasteiger partial charge in [0, 0.05) is 19.5 Å². The molecule has 28 heavy (non-hydrogen) atoms. The number of unbranched alkanes of at least 4 members (excludes halogenated alkanes) is 3. The predicted molar refractivity (Wildman–Crippen MR) is 119 cm³/mol. The van der Waals surface area contributed by atoms with Crippen LogP contribution in [0.2, 0.25) is 0 Å². The summed E-state index contributed by atoms with van der Waals surface area (Å²) in [5.74, 6) is -0.0968. The van der Waals surface area contributed by atoms with Crippen molar-refractivity contribution in [3.63, 3.8) is 0 Å². The zero-order chi connectivity index (χ0) is 20.4. The van der Waals surface area contributed by atoms with Crippen LogP contribution in [0.4, 0.5) is 5.69 Å². The lowest BCUT2D eigenvalue weighted by atomic mass is 9.94. The third-order valence-corrected chi connectivity index (χ3v) is 5.56. The summed E-state index contributed by atoms with van der Waals surface area (Å²) in [5, 5.41) is 5.99. The average molecular weight is 404 g/mol. The molecule has 0 heterocycles. The van der Waals surface area contributed by atoms with Gasteiger partial charge in [0.1, 0.15) is 0 Å². The molecule has 0 saturated heterocycles. The number of benzene rings is 1. The van der Waals surface area contributed by atoms with E-state index in [1.54, 1.807) is 6.07 Å². The van der Waals surface area contributed by atoms with Crippen molar-refractivity contribution in [1.82, 2.24) is 10.2 Å². The Labute approximate surface area is 174 Å². The van der Waals surface area contributed by atoms with Crippen molar-refractivity contribution in [2.75, 3.05) is 12.4 Å². The van der Waals surface area contributed by atoms with Gasteiger partial charge in [0.05, 0.1) is 11.3 Å². The maximum atomic E-state index is 13.0. The fourth-order valence-electron chi connectivity index (χ4n) is 3.66. The van der Waals surface area contributed by atoms with Crippen LogP contribution >= 0.6 is 12.2 Å². The third-order valence-electron chi connectivity index (χ3n) is 5.36. The summed E-state index contributed by atoms with van der Waals surface area (Å²) in [4.78, 5) is 26.9. The number of carbonyl (C=O) groups excluding carboxylic acids is 2. The van der Waals surface area contributed by atoms with Crippen LogP contribution in [0, 0.1) is 0 Å². The minimum atomic E-state index is -0.0864. The van der Waals surface area contributed by atoms with Gasteiger partial charge in [-0.15, -0.1) is 0 Å². The molecule has 0 radical (unpaired) electrons. The van der Waals surface area contributed by atoms with Gasteiger partial charge in [-0.2, -0.15) is 0 Å². The standard InChI is InChI=1S/C22H33N3O2S/c1-3-4-5-9-16-20(26)24-22(28)23-19-15-11-10-14-18(19)21(27)25(2)17-12-7-6-8-13-17/h10-11,14-15,17H,3-9,12-13,16H2,1-2H3,(H2,23,24,26,28). The average Bonchev–Trinajstić information content (AvgIpc) is 2.71. The van der Waals surface area contributed by atoms with E-state index in [9.17, 15) is 9.59 Å². The van der Waals surface area contributed by atoms with Crippen molar-refractivity contribution >= 4 is 34.8 Å². The largest absolute Gasteiger partial charge is 0.339 e. The van der Waals surface area contributed by atoms with Gasteiger partial charge in [-0.25, -0.2) is 0 Å². The summed E-state index contributed by atoms with van der Waals surface area (Å²) < 4.78 is 0. The van der Waals surface area contributed by atoms with Crippen LogP contribution in [0.25, 0.3) is 0 Å². The van der Waals surface area contributed by atoms with E-state index < -0.39 is 0 Å². The molecule has 0 spiro atoms. The number of nitrogens with one attached hydrogen (secondary N) is 2. The lowest BCUT2D eigenvalue weighted by molar-refractivity contribution is -0.119. The normalized spacial score (nSPS) is 14.4. The van der Waals surface area contributed by atoms with E-state index in [1.165, 1.54) is 19.3 Å². The number of hydrogen-bond acceptors (Lipinski definition) is 3. The zero-order valence-electron chi connectivity index (χ0n) is 17.1. The number of para-hydroxylation sites is 1. The molecular weight excluding hydrogens is 370 g/mol. The number of rotatable bonds is 8. The first-order valence-corrected chi connectivity index (χ1v) is 10.9. The van der Waals surface area contributed by atoms with Gasteiger partial charge in [-0.1, -0.05) is 57.6 Å². The lowest BCUT2D eigenvalue weighted by Crippen LogP contribution is -2.39. The molecule has 1 aliphatic rings. The van der Waals surface area contributed by atoms with E-state index in [1.807, 2.05) is 30.1 Å². The van der Waals surface area contributed by atoms with E-state index in [2.05, 4.69) is 17.6 Å². The summed E-state index contributed by atoms with van der Waals surface area (Å²) in [7, 11) is 1.88. The van der Waals surface area contributed by atoms with Crippen molar-refractivity contribution in [3.8, 4) is 0 Å². The molecule has 0 bridgehead atoms. The van der Waals surface area contributed by atoms with Crippen molar-refractivity contribution in [2.24, 2.45) is 0 Å². The summed E-state index contributed by atoms with van der Waals surface area (Å²) in [5.41, 5.74) is 1.21. The molecule has 0 aromatic heterocycles. The van der Waals surface area contributed by atoms with Gasteiger partial charge in [0.2, 0.25) is 5.91 Å². The highest BCUT2D eigenvalue weighted by Gasteiger charge is 2.24. The number of amides is 2. The van der Waals surface area contributed by atoms with Crippen LogP contribution in [-0.4, -0.2) is 34.9 Å². The van der Waals surface area contributed by atoms with Crippen LogP contribution in [0.5, 0.6) is 0 Å². The van der Waals surface area contributed by atoms with E-state index in [-0.39, 0.29) is 16.9 Å². The molecule has 0 aliphatic heterocycles. The summed E-state index contributed by atoms with van der Waals surface area (Å²) in [6.45, 7) is 2.14. The van der Waals surface area contributed by atoms with Gasteiger partial charge in [-0.05, 0) is 43.6 Å². The monoisotopic (exact) mass is 403 g/mol. The van der Waals surface area contributed by atoms with E-state index >= 15 is 0 Å². The number of hydrogen-bond donors (Lipinski definition) is 2. The van der Waals surface area contributed by atoms with Crippen LogP contribution in [0.15, 0.2) is 24.3 Å². The zero-order valence-corrected chi connectivity index (χ0v) is 17.9. The summed E-state index contributed by atoms with van der Waals surface area (Å²) >= 11 is 5.28. The number of anilines is 1. The smallest absolute Gasteiger partial charge is 0.255 e. The molecule has 1 aliphatic carbocycles. The molecular formula is C22H33N3O2S. The first-order chi connectivity index (χ1) is 13.5. The highest BCUT2D eigenvalue weighted by molar-refractivity contribution is 7.80. The van der Waals surface area contributed by atoms with Crippen molar-refractivity contribution in [3.05, 3.63) is 29.8 Å². The molecule has 6 heteroatoms. The van der Waals surface area contributed by atoms with Gasteiger partial charge in [0.15, 0.2) is 5.11 Å². The molecule has 0 unspecified atom stereocenters. The highest BCUT2D eigenvalue weighted by atomic mass is 32.1. The van der Waals surface area contributed by atoms with Crippen LogP contribution in [0.3, 0.4) is 0 Å². The Kier molecular flexibility index (Phi) is 9.41. The maximum Gasteiger partial charge on any atom is 0.255 e. The van der Waals surface area contributed by atoms with Crippen molar-refractivity contribution in [1.29, 1.82) is 0 Å². The number of thiocarbonyl (C=S) groups is 1. The van der Waals surface area contributed by atoms with Crippen LogP contribution in [-0.2, 0) is 4.79 Å². The molecule has 154 valence electrons. The minimum absolute atomic E-state index is 0.0105. The Morgan fingerprint density at radius 2 is 1.82 bits per heavy atom. The fourth-order valence-corrected chi connectivity index (χ4v) is 3.88. The molecule has 1 aromatic rings. The summed E-state index contributed by atoms with van der Waals surface area (Å²) in [6.07, 6.45) is 10.4. The van der Waals surface area contributed by atoms with Crippen LogP contribution < -0.4 is 10.6 Å². The SMILES string of the molecule is CCCCCCC(=O)NC(=S)Nc1ccccc1C(=O)N(C)C1CCCCC1. The first kappa shape index (κ1) is 22.3. The van der Waals surface area contributed by atoms with Gasteiger partial charge < -0.3 is 15.5 Å². The first-order valence-electron chi connectivity index (χ1n) is 10.5. The molecule has 2 N–H and O–H groups in total. The predicted octanol–water partition coefficient (Wildman–Crippen LogP) is 4.87. The molecule has 5 nitrogen and oxygen atoms in total. The topological polar surface area (TPSA) is 61.4 Å². The fraction of sp³-hybridized carbons (Fsp3) is 0.591. The number of carbonyl (C=O) groups is 2. The molecule has 1 fully saturated rings. The Morgan fingerprint density at radius 1 is 1.11 bits per heavy atom. The molecule has 2 rings (SSSR count). The highest BCUT2D eigenvalue weighted by Crippen LogP contribution is 2.25.